The zero-order valence-electron chi connectivity index (χ0n) is 22.2. The molecule has 2 aliphatic carbocycles. The molecule has 5 rings (SSSR count). The maximum absolute atomic E-state index is 13.6. The molecule has 0 saturated heterocycles. The maximum atomic E-state index is 13.6. The predicted octanol–water partition coefficient (Wildman–Crippen LogP) is 4.32. The van der Waals surface area contributed by atoms with Crippen LogP contribution in [0.1, 0.15) is 60.6 Å². The van der Waals surface area contributed by atoms with Crippen LogP contribution in [0.15, 0.2) is 24.5 Å². The molecule has 3 N–H and O–H groups in total. The molecule has 3 aromatic rings. The van der Waals surface area contributed by atoms with Gasteiger partial charge in [0.05, 0.1) is 17.7 Å². The largest absolute Gasteiger partial charge is 0.493 e. The molecule has 1 aromatic carbocycles. The van der Waals surface area contributed by atoms with Crippen LogP contribution >= 0.6 is 0 Å². The Kier molecular flexibility index (Phi) is 7.79. The Bertz CT molecular complexity index is 1370. The highest BCUT2D eigenvalue weighted by Crippen LogP contribution is 2.38. The quantitative estimate of drug-likeness (QED) is 0.352. The summed E-state index contributed by atoms with van der Waals surface area (Å²) in [6.45, 7) is 4.31. The normalized spacial score (nSPS) is 20.9. The molecular formula is C28H33F2N5O4. The summed E-state index contributed by atoms with van der Waals surface area (Å²) in [6, 6.07) is 4.12. The van der Waals surface area contributed by atoms with E-state index in [0.717, 1.165) is 12.8 Å². The molecule has 0 radical (unpaired) electrons. The van der Waals surface area contributed by atoms with E-state index in [0.29, 0.717) is 64.7 Å². The first-order valence-corrected chi connectivity index (χ1v) is 13.2. The molecule has 2 heterocycles. The molecule has 2 saturated carbocycles. The van der Waals surface area contributed by atoms with Crippen LogP contribution in [0.25, 0.3) is 22.3 Å². The van der Waals surface area contributed by atoms with Crippen molar-refractivity contribution >= 4 is 22.8 Å². The van der Waals surface area contributed by atoms with E-state index in [2.05, 4.69) is 25.6 Å². The molecular weight excluding hydrogens is 508 g/mol. The van der Waals surface area contributed by atoms with Gasteiger partial charge in [-0.2, -0.15) is 0 Å². The average Bonchev–Trinajstić information content (AvgIpc) is 3.57. The number of carbonyl (C=O) groups is 2. The summed E-state index contributed by atoms with van der Waals surface area (Å²) in [6.07, 6.45) is 2.19. The number of aromatic amines is 1. The second kappa shape index (κ2) is 11.3. The first kappa shape index (κ1) is 27.0. The number of halogens is 2. The van der Waals surface area contributed by atoms with Crippen LogP contribution in [0.4, 0.5) is 8.78 Å². The zero-order chi connectivity index (χ0) is 27.7. The number of H-pyrrole nitrogens is 1. The number of ether oxygens (including phenoxy) is 2. The summed E-state index contributed by atoms with van der Waals surface area (Å²) in [7, 11) is 1.47. The fourth-order valence-electron chi connectivity index (χ4n) is 5.29. The average molecular weight is 542 g/mol. The third-order valence-electron chi connectivity index (χ3n) is 7.52. The Morgan fingerprint density at radius 3 is 2.69 bits per heavy atom. The highest BCUT2D eigenvalue weighted by molar-refractivity contribution is 6.09. The van der Waals surface area contributed by atoms with E-state index in [-0.39, 0.29) is 42.0 Å². The van der Waals surface area contributed by atoms with Gasteiger partial charge in [-0.1, -0.05) is 6.92 Å². The van der Waals surface area contributed by atoms with Gasteiger partial charge in [0.1, 0.15) is 29.9 Å². The van der Waals surface area contributed by atoms with Crippen molar-refractivity contribution in [3.8, 4) is 17.0 Å². The number of aromatic nitrogens is 3. The second-order valence-corrected chi connectivity index (χ2v) is 10.6. The van der Waals surface area contributed by atoms with Crippen LogP contribution in [-0.4, -0.2) is 59.2 Å². The van der Waals surface area contributed by atoms with Gasteiger partial charge in [-0.3, -0.25) is 9.59 Å². The van der Waals surface area contributed by atoms with Crippen LogP contribution in [0.3, 0.4) is 0 Å². The van der Waals surface area contributed by atoms with Crippen molar-refractivity contribution in [1.82, 2.24) is 25.6 Å². The minimum atomic E-state index is -2.65. The summed E-state index contributed by atoms with van der Waals surface area (Å²) in [4.78, 5) is 37.4. The van der Waals surface area contributed by atoms with E-state index in [1.807, 2.05) is 6.92 Å². The number of nitrogens with one attached hydrogen (secondary N) is 3. The van der Waals surface area contributed by atoms with E-state index in [4.69, 9.17) is 9.47 Å². The van der Waals surface area contributed by atoms with E-state index < -0.39 is 6.43 Å². The number of rotatable bonds is 10. The minimum Gasteiger partial charge on any atom is -0.493 e. The zero-order valence-corrected chi connectivity index (χ0v) is 22.2. The van der Waals surface area contributed by atoms with Crippen LogP contribution in [0.2, 0.25) is 0 Å². The van der Waals surface area contributed by atoms with Crippen molar-refractivity contribution < 1.29 is 27.8 Å². The highest BCUT2D eigenvalue weighted by Gasteiger charge is 2.34. The lowest BCUT2D eigenvalue weighted by Crippen LogP contribution is -2.40. The van der Waals surface area contributed by atoms with Crippen LogP contribution < -0.4 is 15.4 Å². The second-order valence-electron chi connectivity index (χ2n) is 10.6. The van der Waals surface area contributed by atoms with Crippen molar-refractivity contribution in [3.05, 3.63) is 41.3 Å². The number of nitrogens with zero attached hydrogens (tertiary/aromatic N) is 2. The third kappa shape index (κ3) is 5.88. The summed E-state index contributed by atoms with van der Waals surface area (Å²) in [5, 5.41) is 6.05. The van der Waals surface area contributed by atoms with Crippen LogP contribution in [0.5, 0.6) is 5.75 Å². The number of carbonyl (C=O) groups excluding carboxylic acids is 2. The van der Waals surface area contributed by atoms with E-state index >= 15 is 0 Å². The van der Waals surface area contributed by atoms with Crippen molar-refractivity contribution in [3.63, 3.8) is 0 Å². The van der Waals surface area contributed by atoms with Gasteiger partial charge in [0.25, 0.3) is 12.3 Å². The van der Waals surface area contributed by atoms with Crippen molar-refractivity contribution in [2.24, 2.45) is 11.8 Å². The molecule has 11 heteroatoms. The number of methoxy groups -OCH3 is 1. The molecule has 0 unspecified atom stereocenters. The van der Waals surface area contributed by atoms with Crippen molar-refractivity contribution in [2.45, 2.75) is 58.0 Å². The topological polar surface area (TPSA) is 118 Å². The molecule has 9 nitrogen and oxygen atoms in total. The molecule has 0 aliphatic heterocycles. The Labute approximate surface area is 225 Å². The number of alkyl halides is 2. The fourth-order valence-corrected chi connectivity index (χ4v) is 5.29. The lowest BCUT2D eigenvalue weighted by Gasteiger charge is -2.16. The number of hydrogen-bond acceptors (Lipinski definition) is 6. The number of benzene rings is 1. The smallest absolute Gasteiger partial charge is 0.263 e. The van der Waals surface area contributed by atoms with Crippen molar-refractivity contribution in [1.29, 1.82) is 0 Å². The lowest BCUT2D eigenvalue weighted by molar-refractivity contribution is -0.125. The monoisotopic (exact) mass is 541 g/mol. The van der Waals surface area contributed by atoms with Gasteiger partial charge >= 0.3 is 0 Å². The van der Waals surface area contributed by atoms with E-state index in [1.54, 1.807) is 13.0 Å². The van der Waals surface area contributed by atoms with Gasteiger partial charge in [-0.05, 0) is 62.6 Å². The van der Waals surface area contributed by atoms with Gasteiger partial charge in [0.2, 0.25) is 5.91 Å². The molecule has 2 aromatic heterocycles. The Morgan fingerprint density at radius 1 is 1.18 bits per heavy atom. The molecule has 2 amide bonds. The predicted molar refractivity (Wildman–Crippen MR) is 141 cm³/mol. The van der Waals surface area contributed by atoms with E-state index in [1.165, 1.54) is 25.6 Å². The molecule has 39 heavy (non-hydrogen) atoms. The molecule has 3 atom stereocenters. The molecule has 0 spiro atoms. The summed E-state index contributed by atoms with van der Waals surface area (Å²) in [5.74, 6) is 0.647. The standard InChI is InChI=1S/C28H33F2N5O4/c1-14-8-18(10-20(14)35-22(36)12-38-3)34-28(37)23-15(2)33-26-24(31-13-32-25(23)26)19-9-17(27(29)30)6-7-21(19)39-11-16-4-5-16/h6-7,9,13-14,16,18,20,27,33H,4-5,8,10-12H2,1-3H3,(H,34,37)(H,35,36)/t14-,18+,20-/m0/s1. The fraction of sp³-hybridized carbons (Fsp3) is 0.500. The van der Waals surface area contributed by atoms with Gasteiger partial charge in [0.15, 0.2) is 0 Å². The van der Waals surface area contributed by atoms with Crippen LogP contribution in [0, 0.1) is 18.8 Å². The molecule has 0 bridgehead atoms. The maximum Gasteiger partial charge on any atom is 0.263 e. The van der Waals surface area contributed by atoms with Gasteiger partial charge in [0, 0.05) is 36.0 Å². The van der Waals surface area contributed by atoms with E-state index in [9.17, 15) is 18.4 Å². The first-order valence-electron chi connectivity index (χ1n) is 13.2. The highest BCUT2D eigenvalue weighted by atomic mass is 19.3. The number of aryl methyl sites for hydroxylation is 1. The van der Waals surface area contributed by atoms with Gasteiger partial charge in [-0.15, -0.1) is 0 Å². The first-order chi connectivity index (χ1) is 18.7. The van der Waals surface area contributed by atoms with Gasteiger partial charge < -0.3 is 25.1 Å². The summed E-state index contributed by atoms with van der Waals surface area (Å²) >= 11 is 0. The molecule has 208 valence electrons. The van der Waals surface area contributed by atoms with Crippen molar-refractivity contribution in [2.75, 3.05) is 20.3 Å². The third-order valence-corrected chi connectivity index (χ3v) is 7.52. The molecule has 2 aliphatic rings. The summed E-state index contributed by atoms with van der Waals surface area (Å²) in [5.41, 5.74) is 2.52. The number of fused-ring (bicyclic) bond motifs is 1. The molecule has 2 fully saturated rings. The lowest BCUT2D eigenvalue weighted by atomic mass is 10.0. The minimum absolute atomic E-state index is 0.00955. The number of amides is 2. The Balaban J connectivity index is 1.42. The van der Waals surface area contributed by atoms with Crippen LogP contribution in [-0.2, 0) is 9.53 Å². The Morgan fingerprint density at radius 2 is 1.97 bits per heavy atom. The Hall–Kier alpha value is -3.60. The SMILES string of the molecule is COCC(=O)N[C@H]1C[C@H](NC(=O)c2c(C)[nH]c3c(-c4cc(C(F)F)ccc4OCC4CC4)ncnc23)C[C@@H]1C. The van der Waals surface area contributed by atoms with Gasteiger partial charge in [-0.25, -0.2) is 18.7 Å². The number of hydrogen-bond donors (Lipinski definition) is 3. The summed E-state index contributed by atoms with van der Waals surface area (Å²) < 4.78 is 38.1.